The van der Waals surface area contributed by atoms with Crippen LogP contribution in [0.15, 0.2) is 12.3 Å². The fourth-order valence-corrected chi connectivity index (χ4v) is 2.61. The molecule has 0 radical (unpaired) electrons. The van der Waals surface area contributed by atoms with Gasteiger partial charge in [-0.15, -0.1) is 0 Å². The zero-order chi connectivity index (χ0) is 14.8. The van der Waals surface area contributed by atoms with Gasteiger partial charge in [-0.2, -0.15) is 5.10 Å². The summed E-state index contributed by atoms with van der Waals surface area (Å²) in [7, 11) is 0.126. The number of hydrogen-bond acceptors (Lipinski definition) is 5. The Labute approximate surface area is 118 Å². The smallest absolute Gasteiger partial charge is 0.212 e. The van der Waals surface area contributed by atoms with Crippen molar-refractivity contribution >= 4 is 21.1 Å². The van der Waals surface area contributed by atoms with Gasteiger partial charge in [0.15, 0.2) is 5.65 Å². The minimum absolute atomic E-state index is 0.0606. The molecule has 20 heavy (non-hydrogen) atoms. The number of aromatic nitrogens is 3. The molecule has 0 fully saturated rings. The van der Waals surface area contributed by atoms with Crippen molar-refractivity contribution in [2.45, 2.75) is 13.5 Å². The molecular weight excluding hydrogens is 278 g/mol. The van der Waals surface area contributed by atoms with Gasteiger partial charge in [-0.3, -0.25) is 4.68 Å². The van der Waals surface area contributed by atoms with Crippen LogP contribution in [0.2, 0.25) is 0 Å². The van der Waals surface area contributed by atoms with Crippen molar-refractivity contribution in [2.75, 3.05) is 19.3 Å². The quantitative estimate of drug-likeness (QED) is 0.728. The molecule has 110 valence electrons. The van der Waals surface area contributed by atoms with Crippen molar-refractivity contribution in [3.63, 3.8) is 0 Å². The lowest BCUT2D eigenvalue weighted by Crippen LogP contribution is -2.29. The Morgan fingerprint density at radius 3 is 2.85 bits per heavy atom. The van der Waals surface area contributed by atoms with Crippen molar-refractivity contribution in [2.24, 2.45) is 7.05 Å². The molecule has 0 bridgehead atoms. The van der Waals surface area contributed by atoms with Gasteiger partial charge >= 0.3 is 0 Å². The minimum Gasteiger partial charge on any atom is -0.312 e. The summed E-state index contributed by atoms with van der Waals surface area (Å²) in [5.74, 6) is 0.0606. The molecule has 2 aromatic rings. The Hall–Kier alpha value is -1.51. The first kappa shape index (κ1) is 14.9. The first-order chi connectivity index (χ1) is 9.43. The molecule has 0 aliphatic carbocycles. The molecule has 0 unspecified atom stereocenters. The number of fused-ring (bicyclic) bond motifs is 1. The van der Waals surface area contributed by atoms with Crippen molar-refractivity contribution in [1.29, 1.82) is 0 Å². The third-order valence-corrected chi connectivity index (χ3v) is 4.47. The fourth-order valence-electron chi connectivity index (χ4n) is 1.99. The van der Waals surface area contributed by atoms with E-state index in [1.807, 2.05) is 20.0 Å². The van der Waals surface area contributed by atoms with Crippen molar-refractivity contribution in [3.8, 4) is 0 Å². The van der Waals surface area contributed by atoms with Crippen LogP contribution in [0.25, 0.3) is 11.0 Å². The van der Waals surface area contributed by atoms with Crippen molar-refractivity contribution in [1.82, 2.24) is 24.8 Å². The molecule has 0 atom stereocenters. The summed E-state index contributed by atoms with van der Waals surface area (Å²) in [6.45, 7) is 2.92. The summed E-state index contributed by atoms with van der Waals surface area (Å²) in [4.78, 5) is 4.38. The predicted molar refractivity (Wildman–Crippen MR) is 77.8 cm³/mol. The molecule has 2 aromatic heterocycles. The standard InChI is InChI=1S/C12H19N5O2S/c1-9-11-6-10(8-15-12(11)17(3)16-9)7-14-4-5-20(18,19)13-2/h6,8,13-14H,4-5,7H2,1-3H3. The molecule has 0 aliphatic heterocycles. The van der Waals surface area contributed by atoms with Crippen LogP contribution in [-0.4, -0.2) is 42.5 Å². The molecule has 0 saturated carbocycles. The van der Waals surface area contributed by atoms with E-state index in [0.29, 0.717) is 13.1 Å². The van der Waals surface area contributed by atoms with Crippen LogP contribution in [0.3, 0.4) is 0 Å². The summed E-state index contributed by atoms with van der Waals surface area (Å²) >= 11 is 0. The maximum Gasteiger partial charge on any atom is 0.212 e. The summed E-state index contributed by atoms with van der Waals surface area (Å²) in [5, 5.41) is 8.44. The van der Waals surface area contributed by atoms with Crippen LogP contribution in [-0.2, 0) is 23.6 Å². The average molecular weight is 297 g/mol. The van der Waals surface area contributed by atoms with Gasteiger partial charge in [-0.05, 0) is 25.6 Å². The third kappa shape index (κ3) is 3.33. The largest absolute Gasteiger partial charge is 0.312 e. The summed E-state index contributed by atoms with van der Waals surface area (Å²) in [6, 6.07) is 2.03. The number of nitrogens with zero attached hydrogens (tertiary/aromatic N) is 3. The number of nitrogens with one attached hydrogen (secondary N) is 2. The highest BCUT2D eigenvalue weighted by atomic mass is 32.2. The fraction of sp³-hybridized carbons (Fsp3) is 0.500. The minimum atomic E-state index is -3.15. The van der Waals surface area contributed by atoms with E-state index in [-0.39, 0.29) is 5.75 Å². The first-order valence-electron chi connectivity index (χ1n) is 6.33. The van der Waals surface area contributed by atoms with Crippen LogP contribution in [0.1, 0.15) is 11.3 Å². The maximum absolute atomic E-state index is 11.3. The van der Waals surface area contributed by atoms with Gasteiger partial charge in [0.2, 0.25) is 10.0 Å². The van der Waals surface area contributed by atoms with E-state index >= 15 is 0 Å². The van der Waals surface area contributed by atoms with E-state index in [1.165, 1.54) is 7.05 Å². The third-order valence-electron chi connectivity index (χ3n) is 3.11. The molecule has 8 heteroatoms. The lowest BCUT2D eigenvalue weighted by atomic mass is 10.2. The second-order valence-corrected chi connectivity index (χ2v) is 6.67. The highest BCUT2D eigenvalue weighted by molar-refractivity contribution is 7.89. The van der Waals surface area contributed by atoms with Crippen LogP contribution in [0.5, 0.6) is 0 Å². The molecule has 0 spiro atoms. The first-order valence-corrected chi connectivity index (χ1v) is 7.98. The zero-order valence-electron chi connectivity index (χ0n) is 11.8. The zero-order valence-corrected chi connectivity index (χ0v) is 12.7. The lowest BCUT2D eigenvalue weighted by molar-refractivity contribution is 0.583. The Balaban J connectivity index is 1.99. The van der Waals surface area contributed by atoms with Crippen LogP contribution < -0.4 is 10.0 Å². The Morgan fingerprint density at radius 2 is 2.15 bits per heavy atom. The molecule has 0 amide bonds. The maximum atomic E-state index is 11.3. The normalized spacial score (nSPS) is 12.2. The Morgan fingerprint density at radius 1 is 1.40 bits per heavy atom. The van der Waals surface area contributed by atoms with E-state index in [0.717, 1.165) is 22.3 Å². The Bertz CT molecular complexity index is 708. The predicted octanol–water partition coefficient (Wildman–Crippen LogP) is -0.0845. The second kappa shape index (κ2) is 5.86. The molecule has 2 N–H and O–H groups in total. The van der Waals surface area contributed by atoms with Gasteiger partial charge < -0.3 is 5.32 Å². The molecule has 2 heterocycles. The molecular formula is C12H19N5O2S. The van der Waals surface area contributed by atoms with Gasteiger partial charge in [0, 0.05) is 31.7 Å². The highest BCUT2D eigenvalue weighted by Gasteiger charge is 2.08. The average Bonchev–Trinajstić information content (AvgIpc) is 2.70. The van der Waals surface area contributed by atoms with Crippen LogP contribution in [0.4, 0.5) is 0 Å². The Kier molecular flexibility index (Phi) is 4.36. The number of aryl methyl sites for hydroxylation is 2. The van der Waals surface area contributed by atoms with Gasteiger partial charge in [0.1, 0.15) is 0 Å². The highest BCUT2D eigenvalue weighted by Crippen LogP contribution is 2.16. The van der Waals surface area contributed by atoms with E-state index in [4.69, 9.17) is 0 Å². The van der Waals surface area contributed by atoms with E-state index in [2.05, 4.69) is 20.1 Å². The van der Waals surface area contributed by atoms with Crippen molar-refractivity contribution < 1.29 is 8.42 Å². The van der Waals surface area contributed by atoms with Gasteiger partial charge in [-0.25, -0.2) is 18.1 Å². The summed E-state index contributed by atoms with van der Waals surface area (Å²) < 4.78 is 26.6. The van der Waals surface area contributed by atoms with E-state index in [1.54, 1.807) is 10.9 Å². The molecule has 0 aliphatic rings. The summed E-state index contributed by atoms with van der Waals surface area (Å²) in [5.41, 5.74) is 2.80. The molecule has 7 nitrogen and oxygen atoms in total. The van der Waals surface area contributed by atoms with Gasteiger partial charge in [0.05, 0.1) is 11.4 Å². The van der Waals surface area contributed by atoms with Crippen LogP contribution in [0, 0.1) is 6.92 Å². The van der Waals surface area contributed by atoms with E-state index < -0.39 is 10.0 Å². The number of pyridine rings is 1. The van der Waals surface area contributed by atoms with E-state index in [9.17, 15) is 8.42 Å². The van der Waals surface area contributed by atoms with Gasteiger partial charge in [-0.1, -0.05) is 0 Å². The topological polar surface area (TPSA) is 88.9 Å². The molecule has 2 rings (SSSR count). The van der Waals surface area contributed by atoms with Gasteiger partial charge in [0.25, 0.3) is 0 Å². The monoisotopic (exact) mass is 297 g/mol. The van der Waals surface area contributed by atoms with Crippen LogP contribution >= 0.6 is 0 Å². The van der Waals surface area contributed by atoms with Crippen molar-refractivity contribution in [3.05, 3.63) is 23.5 Å². The second-order valence-electron chi connectivity index (χ2n) is 4.62. The molecule has 0 aromatic carbocycles. The molecule has 0 saturated heterocycles. The SMILES string of the molecule is CNS(=O)(=O)CCNCc1cnc2c(c1)c(C)nn2C. The summed E-state index contributed by atoms with van der Waals surface area (Å²) in [6.07, 6.45) is 1.78. The number of rotatable bonds is 6. The number of sulfonamides is 1. The lowest BCUT2D eigenvalue weighted by Gasteiger charge is -2.05. The number of hydrogen-bond donors (Lipinski definition) is 2.